The van der Waals surface area contributed by atoms with Gasteiger partial charge in [0.05, 0.1) is 13.0 Å². The van der Waals surface area contributed by atoms with Crippen LogP contribution in [0.5, 0.6) is 0 Å². The summed E-state index contributed by atoms with van der Waals surface area (Å²) in [4.78, 5) is 70.1. The SMILES string of the molecule is CCOC(=O)CCN1/C(=C\C=C2C(=O)OC3(CCC(C(C)(C)C4CCC5(CC4)OC(=O)C(=Cc4ccc(N(CC)CC)cc4)C(=O)O5)CC3)OC2=O)C(C)(C)c2ccccc21. The van der Waals surface area contributed by atoms with Crippen LogP contribution in [0.25, 0.3) is 6.08 Å². The minimum atomic E-state index is -1.32. The molecule has 2 saturated carbocycles. The quantitative estimate of drug-likeness (QED) is 0.0929. The van der Waals surface area contributed by atoms with Gasteiger partial charge in [-0.15, -0.1) is 0 Å². The summed E-state index contributed by atoms with van der Waals surface area (Å²) in [6.45, 7) is 17.0. The van der Waals surface area contributed by atoms with E-state index in [4.69, 9.17) is 23.7 Å². The minimum absolute atomic E-state index is 0.109. The van der Waals surface area contributed by atoms with Crippen molar-refractivity contribution < 1.29 is 47.7 Å². The van der Waals surface area contributed by atoms with Crippen molar-refractivity contribution in [1.82, 2.24) is 0 Å². The van der Waals surface area contributed by atoms with E-state index in [0.717, 1.165) is 41.3 Å². The third-order valence-electron chi connectivity index (χ3n) is 14.0. The number of allylic oxidation sites excluding steroid dienone is 3. The first-order valence-electron chi connectivity index (χ1n) is 22.0. The van der Waals surface area contributed by atoms with Gasteiger partial charge in [-0.25, -0.2) is 19.2 Å². The molecule has 5 aliphatic rings. The average Bonchev–Trinajstić information content (AvgIpc) is 3.44. The summed E-state index contributed by atoms with van der Waals surface area (Å²) < 4.78 is 28.9. The van der Waals surface area contributed by atoms with Crippen molar-refractivity contribution in [2.45, 2.75) is 123 Å². The molecule has 326 valence electrons. The van der Waals surface area contributed by atoms with E-state index in [9.17, 15) is 24.0 Å². The number of ether oxygens (including phenoxy) is 5. The molecule has 2 aliphatic carbocycles. The zero-order chi connectivity index (χ0) is 43.7. The lowest BCUT2D eigenvalue weighted by Crippen LogP contribution is -2.52. The molecular weight excluding hydrogens is 777 g/mol. The third kappa shape index (κ3) is 8.60. The van der Waals surface area contributed by atoms with Gasteiger partial charge in [-0.05, 0) is 111 Å². The molecule has 61 heavy (non-hydrogen) atoms. The lowest BCUT2D eigenvalue weighted by molar-refractivity contribution is -0.252. The van der Waals surface area contributed by atoms with Crippen LogP contribution in [0.3, 0.4) is 0 Å². The highest BCUT2D eigenvalue weighted by Gasteiger charge is 2.54. The summed E-state index contributed by atoms with van der Waals surface area (Å²) in [5.41, 5.74) is 3.75. The molecule has 2 aromatic carbocycles. The Bertz CT molecular complexity index is 2080. The van der Waals surface area contributed by atoms with E-state index in [-0.39, 0.29) is 40.8 Å². The van der Waals surface area contributed by atoms with E-state index < -0.39 is 40.9 Å². The van der Waals surface area contributed by atoms with E-state index in [2.05, 4.69) is 46.4 Å². The zero-order valence-corrected chi connectivity index (χ0v) is 36.7. The Morgan fingerprint density at radius 3 is 1.77 bits per heavy atom. The topological polar surface area (TPSA) is 138 Å². The van der Waals surface area contributed by atoms with E-state index in [0.29, 0.717) is 64.5 Å². The van der Waals surface area contributed by atoms with Crippen LogP contribution in [0.15, 0.2) is 77.5 Å². The second kappa shape index (κ2) is 17.2. The molecular formula is C49H60N2O10. The van der Waals surface area contributed by atoms with E-state index in [1.165, 1.54) is 12.2 Å². The third-order valence-corrected chi connectivity index (χ3v) is 14.0. The molecule has 2 spiro atoms. The number of nitrogens with zero attached hydrogens (tertiary/aromatic N) is 2. The maximum atomic E-state index is 13.5. The maximum Gasteiger partial charge on any atom is 0.348 e. The lowest BCUT2D eigenvalue weighted by atomic mass is 9.60. The molecule has 4 fully saturated rings. The first-order chi connectivity index (χ1) is 29.0. The second-order valence-corrected chi connectivity index (χ2v) is 18.1. The number of carbonyl (C=O) groups is 5. The van der Waals surface area contributed by atoms with Crippen LogP contribution in [0.1, 0.15) is 117 Å². The monoisotopic (exact) mass is 836 g/mol. The van der Waals surface area contributed by atoms with Crippen LogP contribution in [0, 0.1) is 17.3 Å². The van der Waals surface area contributed by atoms with Gasteiger partial charge in [-0.3, -0.25) is 4.79 Å². The fourth-order valence-corrected chi connectivity index (χ4v) is 10.2. The summed E-state index contributed by atoms with van der Waals surface area (Å²) in [5.74, 6) is -5.12. The molecule has 0 amide bonds. The highest BCUT2D eigenvalue weighted by Crippen LogP contribution is 2.54. The van der Waals surface area contributed by atoms with Crippen molar-refractivity contribution in [3.05, 3.63) is 88.7 Å². The fraction of sp³-hybridized carbons (Fsp3) is 0.531. The van der Waals surface area contributed by atoms with Gasteiger partial charge < -0.3 is 33.5 Å². The number of rotatable bonds is 11. The molecule has 3 heterocycles. The Balaban J connectivity index is 0.951. The van der Waals surface area contributed by atoms with E-state index in [1.807, 2.05) is 53.4 Å². The molecule has 7 rings (SSSR count). The smallest absolute Gasteiger partial charge is 0.348 e. The molecule has 0 unspecified atom stereocenters. The van der Waals surface area contributed by atoms with Crippen LogP contribution in [0.4, 0.5) is 11.4 Å². The second-order valence-electron chi connectivity index (χ2n) is 18.1. The van der Waals surface area contributed by atoms with Crippen LogP contribution >= 0.6 is 0 Å². The summed E-state index contributed by atoms with van der Waals surface area (Å²) >= 11 is 0. The van der Waals surface area contributed by atoms with Gasteiger partial charge in [0.1, 0.15) is 11.1 Å². The van der Waals surface area contributed by atoms with Crippen LogP contribution in [-0.2, 0) is 53.1 Å². The van der Waals surface area contributed by atoms with Gasteiger partial charge in [0.25, 0.3) is 11.6 Å². The first kappa shape index (κ1) is 43.7. The molecule has 0 aromatic heterocycles. The van der Waals surface area contributed by atoms with E-state index >= 15 is 0 Å². The van der Waals surface area contributed by atoms with Gasteiger partial charge in [-0.2, -0.15) is 0 Å². The molecule has 3 aliphatic heterocycles. The molecule has 12 heteroatoms. The fourth-order valence-electron chi connectivity index (χ4n) is 10.2. The van der Waals surface area contributed by atoms with Crippen LogP contribution in [0.2, 0.25) is 0 Å². The summed E-state index contributed by atoms with van der Waals surface area (Å²) in [5, 5.41) is 0. The number of benzene rings is 2. The minimum Gasteiger partial charge on any atom is -0.466 e. The van der Waals surface area contributed by atoms with Crippen molar-refractivity contribution >= 4 is 47.3 Å². The number of para-hydroxylation sites is 1. The van der Waals surface area contributed by atoms with Crippen molar-refractivity contribution in [3.63, 3.8) is 0 Å². The summed E-state index contributed by atoms with van der Waals surface area (Å²) in [6, 6.07) is 15.7. The molecule has 2 saturated heterocycles. The predicted octanol–water partition coefficient (Wildman–Crippen LogP) is 8.48. The average molecular weight is 837 g/mol. The predicted molar refractivity (Wildman–Crippen MR) is 230 cm³/mol. The van der Waals surface area contributed by atoms with E-state index in [1.54, 1.807) is 13.0 Å². The van der Waals surface area contributed by atoms with Gasteiger partial charge in [0.2, 0.25) is 0 Å². The first-order valence-corrected chi connectivity index (χ1v) is 22.0. The van der Waals surface area contributed by atoms with Crippen molar-refractivity contribution in [1.29, 1.82) is 0 Å². The van der Waals surface area contributed by atoms with Crippen molar-refractivity contribution in [2.75, 3.05) is 36.0 Å². The normalized spacial score (nSPS) is 26.7. The molecule has 2 aromatic rings. The van der Waals surface area contributed by atoms with Crippen LogP contribution < -0.4 is 9.80 Å². The summed E-state index contributed by atoms with van der Waals surface area (Å²) in [7, 11) is 0. The molecule has 0 atom stereocenters. The van der Waals surface area contributed by atoms with Gasteiger partial charge in [-0.1, -0.05) is 58.0 Å². The Morgan fingerprint density at radius 1 is 0.754 bits per heavy atom. The highest BCUT2D eigenvalue weighted by molar-refractivity contribution is 6.19. The van der Waals surface area contributed by atoms with Gasteiger partial charge in [0.15, 0.2) is 0 Å². The largest absolute Gasteiger partial charge is 0.466 e. The number of anilines is 2. The Morgan fingerprint density at radius 2 is 1.26 bits per heavy atom. The standard InChI is InChI=1S/C49H60N2O10/c1-8-50(9-2)35-17-15-32(16-18-35)31-37-44(55)60-49(61-45(37)56)28-23-34(24-29-49)46(4,5)33-21-26-48(27-22-33)58-42(53)36(43(54)59-48)19-20-40-47(6,7)38-13-11-12-14-39(38)51(40)30-25-41(52)57-10-3/h11-20,31,33-34H,8-10,21-30H2,1-7H3/b36-19?,37-31?,40-20-. The lowest BCUT2D eigenvalue weighted by Gasteiger charge is -2.50. The zero-order valence-electron chi connectivity index (χ0n) is 36.7. The molecule has 0 N–H and O–H groups in total. The van der Waals surface area contributed by atoms with Gasteiger partial charge in [0, 0.05) is 67.8 Å². The number of carbonyl (C=O) groups excluding carboxylic acids is 5. The molecule has 12 nitrogen and oxygen atoms in total. The number of esters is 5. The van der Waals surface area contributed by atoms with Crippen LogP contribution in [-0.4, -0.2) is 67.7 Å². The number of hydrogen-bond acceptors (Lipinski definition) is 12. The number of hydrogen-bond donors (Lipinski definition) is 0. The molecule has 0 bridgehead atoms. The Hall–Kier alpha value is -5.39. The summed E-state index contributed by atoms with van der Waals surface area (Å²) in [6.07, 6.45) is 9.32. The van der Waals surface area contributed by atoms with Crippen molar-refractivity contribution in [3.8, 4) is 0 Å². The molecule has 0 radical (unpaired) electrons. The van der Waals surface area contributed by atoms with Gasteiger partial charge >= 0.3 is 29.8 Å². The maximum absolute atomic E-state index is 13.5. The highest BCUT2D eigenvalue weighted by atomic mass is 16.8. The van der Waals surface area contributed by atoms with Crippen molar-refractivity contribution in [2.24, 2.45) is 17.3 Å². The Labute approximate surface area is 359 Å². The Kier molecular flexibility index (Phi) is 12.3. The number of fused-ring (bicyclic) bond motifs is 1.